The maximum absolute atomic E-state index is 12.1. The summed E-state index contributed by atoms with van der Waals surface area (Å²) in [6.45, 7) is 3.76. The number of anilines is 1. The predicted octanol–water partition coefficient (Wildman–Crippen LogP) is 4.12. The molecule has 0 saturated carbocycles. The Morgan fingerprint density at radius 2 is 1.92 bits per heavy atom. The summed E-state index contributed by atoms with van der Waals surface area (Å²) in [6.07, 6.45) is 0. The lowest BCUT2D eigenvalue weighted by atomic mass is 10.1. The SMILES string of the molecule is CCOc1ccc(NC(=O)NCc2cccc(CN(C)C)c2)cc1Cl. The number of ether oxygens (including phenoxy) is 1. The molecule has 2 amide bonds. The first-order valence-corrected chi connectivity index (χ1v) is 8.55. The van der Waals surface area contributed by atoms with E-state index in [0.29, 0.717) is 29.6 Å². The van der Waals surface area contributed by atoms with E-state index in [1.54, 1.807) is 18.2 Å². The van der Waals surface area contributed by atoms with Gasteiger partial charge in [0.15, 0.2) is 0 Å². The summed E-state index contributed by atoms with van der Waals surface area (Å²) >= 11 is 6.12. The van der Waals surface area contributed by atoms with Crippen LogP contribution in [0.1, 0.15) is 18.1 Å². The third kappa shape index (κ3) is 6.29. The van der Waals surface area contributed by atoms with E-state index in [2.05, 4.69) is 27.7 Å². The quantitative estimate of drug-likeness (QED) is 0.779. The zero-order valence-electron chi connectivity index (χ0n) is 14.8. The molecule has 0 unspecified atom stereocenters. The van der Waals surface area contributed by atoms with Crippen molar-refractivity contribution in [3.63, 3.8) is 0 Å². The molecule has 25 heavy (non-hydrogen) atoms. The summed E-state index contributed by atoms with van der Waals surface area (Å²) in [5.74, 6) is 0.604. The maximum atomic E-state index is 12.1. The van der Waals surface area contributed by atoms with Crippen molar-refractivity contribution < 1.29 is 9.53 Å². The minimum atomic E-state index is -0.279. The van der Waals surface area contributed by atoms with Crippen molar-refractivity contribution in [3.8, 4) is 5.75 Å². The fraction of sp³-hybridized carbons (Fsp3) is 0.316. The van der Waals surface area contributed by atoms with Gasteiger partial charge in [-0.3, -0.25) is 0 Å². The predicted molar refractivity (Wildman–Crippen MR) is 102 cm³/mol. The Kier molecular flexibility index (Phi) is 7.10. The third-order valence-electron chi connectivity index (χ3n) is 3.43. The first-order chi connectivity index (χ1) is 12.0. The van der Waals surface area contributed by atoms with Crippen molar-refractivity contribution in [2.75, 3.05) is 26.0 Å². The van der Waals surface area contributed by atoms with Crippen molar-refractivity contribution in [2.45, 2.75) is 20.0 Å². The van der Waals surface area contributed by atoms with Crippen LogP contribution in [0.2, 0.25) is 5.02 Å². The highest BCUT2D eigenvalue weighted by molar-refractivity contribution is 6.32. The van der Waals surface area contributed by atoms with Gasteiger partial charge < -0.3 is 20.3 Å². The number of halogens is 1. The van der Waals surface area contributed by atoms with Gasteiger partial charge in [-0.05, 0) is 50.3 Å². The topological polar surface area (TPSA) is 53.6 Å². The largest absolute Gasteiger partial charge is 0.492 e. The molecule has 0 bridgehead atoms. The molecular weight excluding hydrogens is 338 g/mol. The molecule has 0 fully saturated rings. The molecule has 0 radical (unpaired) electrons. The number of carbonyl (C=O) groups is 1. The zero-order chi connectivity index (χ0) is 18.2. The summed E-state index contributed by atoms with van der Waals surface area (Å²) < 4.78 is 5.38. The highest BCUT2D eigenvalue weighted by Crippen LogP contribution is 2.27. The molecule has 0 aliphatic rings. The van der Waals surface area contributed by atoms with Gasteiger partial charge in [-0.1, -0.05) is 35.9 Å². The standard InChI is InChI=1S/C19H24ClN3O2/c1-4-25-18-9-8-16(11-17(18)20)22-19(24)21-12-14-6-5-7-15(10-14)13-23(2)3/h5-11H,4,12-13H2,1-3H3,(H2,21,22,24). The van der Waals surface area contributed by atoms with E-state index in [1.165, 1.54) is 5.56 Å². The van der Waals surface area contributed by atoms with Crippen LogP contribution in [-0.2, 0) is 13.1 Å². The Balaban J connectivity index is 1.89. The van der Waals surface area contributed by atoms with Crippen LogP contribution in [0.25, 0.3) is 0 Å². The van der Waals surface area contributed by atoms with E-state index in [9.17, 15) is 4.79 Å². The van der Waals surface area contributed by atoms with Crippen molar-refractivity contribution in [1.29, 1.82) is 0 Å². The van der Waals surface area contributed by atoms with Crippen LogP contribution in [0, 0.1) is 0 Å². The molecule has 0 aliphatic carbocycles. The molecule has 0 spiro atoms. The number of hydrogen-bond acceptors (Lipinski definition) is 3. The molecule has 134 valence electrons. The molecule has 0 atom stereocenters. The first kappa shape index (κ1) is 19.1. The number of hydrogen-bond donors (Lipinski definition) is 2. The molecule has 0 heterocycles. The van der Waals surface area contributed by atoms with Gasteiger partial charge in [0.2, 0.25) is 0 Å². The third-order valence-corrected chi connectivity index (χ3v) is 3.73. The van der Waals surface area contributed by atoms with Crippen LogP contribution in [0.3, 0.4) is 0 Å². The number of amides is 2. The smallest absolute Gasteiger partial charge is 0.319 e. The number of benzene rings is 2. The summed E-state index contributed by atoms with van der Waals surface area (Å²) in [5.41, 5.74) is 2.88. The Bertz CT molecular complexity index is 720. The number of nitrogens with one attached hydrogen (secondary N) is 2. The second-order valence-electron chi connectivity index (χ2n) is 5.94. The van der Waals surface area contributed by atoms with Gasteiger partial charge in [-0.25, -0.2) is 4.79 Å². The van der Waals surface area contributed by atoms with Gasteiger partial charge >= 0.3 is 6.03 Å². The second kappa shape index (κ2) is 9.30. The number of nitrogens with zero attached hydrogens (tertiary/aromatic N) is 1. The van der Waals surface area contributed by atoms with Crippen LogP contribution in [0.5, 0.6) is 5.75 Å². The van der Waals surface area contributed by atoms with E-state index in [4.69, 9.17) is 16.3 Å². The van der Waals surface area contributed by atoms with Crippen LogP contribution >= 0.6 is 11.6 Å². The monoisotopic (exact) mass is 361 g/mol. The molecular formula is C19H24ClN3O2. The molecule has 6 heteroatoms. The van der Waals surface area contributed by atoms with Crippen molar-refractivity contribution >= 4 is 23.3 Å². The number of rotatable bonds is 7. The lowest BCUT2D eigenvalue weighted by Gasteiger charge is -2.12. The van der Waals surface area contributed by atoms with E-state index >= 15 is 0 Å². The minimum absolute atomic E-state index is 0.279. The maximum Gasteiger partial charge on any atom is 0.319 e. The molecule has 5 nitrogen and oxygen atoms in total. The van der Waals surface area contributed by atoms with Gasteiger partial charge in [0.1, 0.15) is 5.75 Å². The first-order valence-electron chi connectivity index (χ1n) is 8.17. The van der Waals surface area contributed by atoms with E-state index in [1.807, 2.05) is 33.2 Å². The van der Waals surface area contributed by atoms with Crippen LogP contribution < -0.4 is 15.4 Å². The average Bonchev–Trinajstić information content (AvgIpc) is 2.55. The second-order valence-corrected chi connectivity index (χ2v) is 6.35. The van der Waals surface area contributed by atoms with Crippen LogP contribution in [0.15, 0.2) is 42.5 Å². The van der Waals surface area contributed by atoms with E-state index < -0.39 is 0 Å². The molecule has 2 aromatic rings. The molecule has 2 aromatic carbocycles. The normalized spacial score (nSPS) is 10.6. The van der Waals surface area contributed by atoms with Gasteiger partial charge in [-0.15, -0.1) is 0 Å². The van der Waals surface area contributed by atoms with E-state index in [0.717, 1.165) is 12.1 Å². The fourth-order valence-electron chi connectivity index (χ4n) is 2.41. The molecule has 2 N–H and O–H groups in total. The molecule has 0 aliphatic heterocycles. The lowest BCUT2D eigenvalue weighted by molar-refractivity contribution is 0.251. The summed E-state index contributed by atoms with van der Waals surface area (Å²) in [5, 5.41) is 6.09. The van der Waals surface area contributed by atoms with Crippen LogP contribution in [-0.4, -0.2) is 31.6 Å². The fourth-order valence-corrected chi connectivity index (χ4v) is 2.65. The zero-order valence-corrected chi connectivity index (χ0v) is 15.6. The van der Waals surface area contributed by atoms with Crippen LogP contribution in [0.4, 0.5) is 10.5 Å². The van der Waals surface area contributed by atoms with Gasteiger partial charge in [0.05, 0.1) is 11.6 Å². The van der Waals surface area contributed by atoms with Crippen molar-refractivity contribution in [3.05, 3.63) is 58.6 Å². The Hall–Kier alpha value is -2.24. The highest BCUT2D eigenvalue weighted by atomic mass is 35.5. The van der Waals surface area contributed by atoms with Crippen molar-refractivity contribution in [1.82, 2.24) is 10.2 Å². The summed E-state index contributed by atoms with van der Waals surface area (Å²) in [4.78, 5) is 14.2. The van der Waals surface area contributed by atoms with Crippen molar-refractivity contribution in [2.24, 2.45) is 0 Å². The molecule has 2 rings (SSSR count). The minimum Gasteiger partial charge on any atom is -0.492 e. The summed E-state index contributed by atoms with van der Waals surface area (Å²) in [7, 11) is 4.06. The molecule has 0 saturated heterocycles. The van der Waals surface area contributed by atoms with Gasteiger partial charge in [-0.2, -0.15) is 0 Å². The number of carbonyl (C=O) groups excluding carboxylic acids is 1. The Labute approximate surface area is 153 Å². The van der Waals surface area contributed by atoms with E-state index in [-0.39, 0.29) is 6.03 Å². The Morgan fingerprint density at radius 3 is 2.60 bits per heavy atom. The highest BCUT2D eigenvalue weighted by Gasteiger charge is 2.06. The molecule has 0 aromatic heterocycles. The van der Waals surface area contributed by atoms with Gasteiger partial charge in [0, 0.05) is 18.8 Å². The number of urea groups is 1. The summed E-state index contributed by atoms with van der Waals surface area (Å²) in [6, 6.07) is 13.1. The Morgan fingerprint density at radius 1 is 1.16 bits per heavy atom. The average molecular weight is 362 g/mol. The van der Waals surface area contributed by atoms with Gasteiger partial charge in [0.25, 0.3) is 0 Å². The lowest BCUT2D eigenvalue weighted by Crippen LogP contribution is -2.28.